The number of hydrogen-bond acceptors (Lipinski definition) is 4. The Hall–Kier alpha value is -2.90. The Labute approximate surface area is 171 Å². The monoisotopic (exact) mass is 417 g/mol. The molecule has 0 spiro atoms. The second-order valence-electron chi connectivity index (χ2n) is 8.29. The molecule has 1 aromatic carbocycles. The molecule has 5 nitrogen and oxygen atoms in total. The molecule has 1 saturated carbocycles. The fourth-order valence-corrected chi connectivity index (χ4v) is 3.81. The van der Waals surface area contributed by atoms with Crippen LogP contribution in [0.3, 0.4) is 0 Å². The maximum atomic E-state index is 13.1. The minimum Gasteiger partial charge on any atom is -0.349 e. The van der Waals surface area contributed by atoms with E-state index in [9.17, 15) is 18.0 Å². The Morgan fingerprint density at radius 3 is 2.77 bits per heavy atom. The summed E-state index contributed by atoms with van der Waals surface area (Å²) in [7, 11) is 0. The van der Waals surface area contributed by atoms with E-state index in [1.165, 1.54) is 18.2 Å². The summed E-state index contributed by atoms with van der Waals surface area (Å²) < 4.78 is 44.6. The number of pyridine rings is 1. The number of hydrogen-bond donors (Lipinski definition) is 1. The number of halogens is 3. The van der Waals surface area contributed by atoms with Gasteiger partial charge in [0.2, 0.25) is 0 Å². The van der Waals surface area contributed by atoms with Crippen LogP contribution in [0.4, 0.5) is 13.2 Å². The molecule has 1 amide bonds. The van der Waals surface area contributed by atoms with Gasteiger partial charge in [0, 0.05) is 11.6 Å². The van der Waals surface area contributed by atoms with Gasteiger partial charge in [-0.2, -0.15) is 13.2 Å². The van der Waals surface area contributed by atoms with Crippen LogP contribution < -0.4 is 5.32 Å². The summed E-state index contributed by atoms with van der Waals surface area (Å²) in [5, 5.41) is 7.39. The maximum absolute atomic E-state index is 13.1. The molecule has 2 atom stereocenters. The lowest BCUT2D eigenvalue weighted by molar-refractivity contribution is -0.137. The Morgan fingerprint density at radius 2 is 2.07 bits per heavy atom. The molecule has 2 heterocycles. The van der Waals surface area contributed by atoms with E-state index in [2.05, 4.69) is 29.3 Å². The molecule has 158 valence electrons. The first-order valence-electron chi connectivity index (χ1n) is 9.89. The predicted octanol–water partition coefficient (Wildman–Crippen LogP) is 5.38. The van der Waals surface area contributed by atoms with Gasteiger partial charge in [0.1, 0.15) is 0 Å². The second kappa shape index (κ2) is 7.41. The van der Waals surface area contributed by atoms with Crippen molar-refractivity contribution >= 4 is 17.0 Å². The van der Waals surface area contributed by atoms with Crippen LogP contribution in [0.2, 0.25) is 0 Å². The first-order chi connectivity index (χ1) is 14.1. The largest absolute Gasteiger partial charge is 0.416 e. The van der Waals surface area contributed by atoms with Crippen molar-refractivity contribution in [1.29, 1.82) is 0 Å². The smallest absolute Gasteiger partial charge is 0.349 e. The molecule has 1 aliphatic rings. The van der Waals surface area contributed by atoms with Gasteiger partial charge in [-0.05, 0) is 49.8 Å². The maximum Gasteiger partial charge on any atom is 0.416 e. The number of nitrogens with zero attached hydrogens (tertiary/aromatic N) is 2. The van der Waals surface area contributed by atoms with Crippen LogP contribution in [0.1, 0.15) is 48.3 Å². The van der Waals surface area contributed by atoms with Gasteiger partial charge in [0.15, 0.2) is 0 Å². The zero-order valence-corrected chi connectivity index (χ0v) is 16.9. The Balaban J connectivity index is 1.70. The van der Waals surface area contributed by atoms with Crippen LogP contribution in [0.25, 0.3) is 22.4 Å². The number of carbonyl (C=O) groups is 1. The molecule has 1 aliphatic carbocycles. The number of carbonyl (C=O) groups excluding carboxylic acids is 1. The van der Waals surface area contributed by atoms with Gasteiger partial charge in [-0.1, -0.05) is 31.1 Å². The summed E-state index contributed by atoms with van der Waals surface area (Å²) in [6.45, 7) is 5.99. The number of alkyl halides is 3. The van der Waals surface area contributed by atoms with E-state index in [0.717, 1.165) is 25.0 Å². The molecule has 1 N–H and O–H groups in total. The summed E-state index contributed by atoms with van der Waals surface area (Å²) in [6.07, 6.45) is -2.50. The van der Waals surface area contributed by atoms with Crippen molar-refractivity contribution in [3.05, 3.63) is 47.2 Å². The van der Waals surface area contributed by atoms with Crippen LogP contribution >= 0.6 is 0 Å². The minimum atomic E-state index is -4.47. The van der Waals surface area contributed by atoms with E-state index in [1.807, 2.05) is 0 Å². The van der Waals surface area contributed by atoms with E-state index in [-0.39, 0.29) is 28.9 Å². The molecule has 0 radical (unpaired) electrons. The highest BCUT2D eigenvalue weighted by Gasteiger charge is 2.39. The van der Waals surface area contributed by atoms with Crippen LogP contribution in [0.15, 0.2) is 34.9 Å². The van der Waals surface area contributed by atoms with Crippen molar-refractivity contribution in [2.45, 2.75) is 45.8 Å². The van der Waals surface area contributed by atoms with Gasteiger partial charge >= 0.3 is 6.18 Å². The highest BCUT2D eigenvalue weighted by molar-refractivity contribution is 6.07. The fourth-order valence-electron chi connectivity index (χ4n) is 3.81. The standard InChI is InChI=1S/C22H22F3N3O2/c1-11(2)7-14-9-17(14)26-20(29)16-10-18(27-21-19(16)12(3)28-30-21)13-5-4-6-15(8-13)22(23,24)25/h4-6,8,10-11,14,17H,7,9H2,1-3H3,(H,26,29)/t14-,17-/m1/s1. The van der Waals surface area contributed by atoms with Crippen molar-refractivity contribution in [2.75, 3.05) is 0 Å². The average molecular weight is 417 g/mol. The van der Waals surface area contributed by atoms with Crippen molar-refractivity contribution in [2.24, 2.45) is 11.8 Å². The number of fused-ring (bicyclic) bond motifs is 1. The van der Waals surface area contributed by atoms with E-state index < -0.39 is 11.7 Å². The molecule has 0 bridgehead atoms. The zero-order valence-electron chi connectivity index (χ0n) is 16.9. The summed E-state index contributed by atoms with van der Waals surface area (Å²) in [4.78, 5) is 17.3. The number of rotatable bonds is 5. The van der Waals surface area contributed by atoms with E-state index >= 15 is 0 Å². The summed E-state index contributed by atoms with van der Waals surface area (Å²) in [5.41, 5.74) is 0.635. The lowest BCUT2D eigenvalue weighted by Gasteiger charge is -2.11. The highest BCUT2D eigenvalue weighted by atomic mass is 19.4. The van der Waals surface area contributed by atoms with Gasteiger partial charge < -0.3 is 9.84 Å². The topological polar surface area (TPSA) is 68.0 Å². The summed E-state index contributed by atoms with van der Waals surface area (Å²) in [5.74, 6) is 0.716. The Morgan fingerprint density at radius 1 is 1.30 bits per heavy atom. The average Bonchev–Trinajstić information content (AvgIpc) is 3.28. The number of aryl methyl sites for hydroxylation is 1. The fraction of sp³-hybridized carbons (Fsp3) is 0.409. The Kier molecular flexibility index (Phi) is 5.03. The molecular formula is C22H22F3N3O2. The van der Waals surface area contributed by atoms with Crippen molar-refractivity contribution < 1.29 is 22.5 Å². The van der Waals surface area contributed by atoms with Crippen molar-refractivity contribution in [3.63, 3.8) is 0 Å². The molecule has 0 saturated heterocycles. The zero-order chi connectivity index (χ0) is 21.6. The van der Waals surface area contributed by atoms with Gasteiger partial charge in [0.25, 0.3) is 11.6 Å². The number of amides is 1. The van der Waals surface area contributed by atoms with Gasteiger partial charge in [0.05, 0.1) is 27.9 Å². The summed E-state index contributed by atoms with van der Waals surface area (Å²) in [6, 6.07) is 6.47. The molecule has 2 aromatic heterocycles. The second-order valence-corrected chi connectivity index (χ2v) is 8.29. The van der Waals surface area contributed by atoms with Gasteiger partial charge in [-0.3, -0.25) is 4.79 Å². The van der Waals surface area contributed by atoms with Crippen molar-refractivity contribution in [3.8, 4) is 11.3 Å². The molecule has 30 heavy (non-hydrogen) atoms. The molecule has 1 fully saturated rings. The molecule has 0 unspecified atom stereocenters. The van der Waals surface area contributed by atoms with E-state index in [4.69, 9.17) is 4.52 Å². The van der Waals surface area contributed by atoms with Crippen molar-refractivity contribution in [1.82, 2.24) is 15.5 Å². The first-order valence-corrected chi connectivity index (χ1v) is 9.89. The van der Waals surface area contributed by atoms with Crippen LogP contribution in [0.5, 0.6) is 0 Å². The molecule has 8 heteroatoms. The summed E-state index contributed by atoms with van der Waals surface area (Å²) >= 11 is 0. The van der Waals surface area contributed by atoms with E-state index in [0.29, 0.717) is 28.5 Å². The normalized spacial score (nSPS) is 18.8. The number of benzene rings is 1. The molecule has 3 aromatic rings. The van der Waals surface area contributed by atoms with Gasteiger partial charge in [-0.25, -0.2) is 4.98 Å². The molecule has 0 aliphatic heterocycles. The van der Waals surface area contributed by atoms with Crippen LogP contribution in [0, 0.1) is 18.8 Å². The SMILES string of the molecule is Cc1noc2nc(-c3cccc(C(F)(F)F)c3)cc(C(=O)N[C@@H]3C[C@H]3CC(C)C)c12. The lowest BCUT2D eigenvalue weighted by atomic mass is 10.0. The number of nitrogens with one attached hydrogen (secondary N) is 1. The third-order valence-electron chi connectivity index (χ3n) is 5.36. The Bertz CT molecular complexity index is 1100. The minimum absolute atomic E-state index is 0.111. The highest BCUT2D eigenvalue weighted by Crippen LogP contribution is 2.37. The molecule has 4 rings (SSSR count). The predicted molar refractivity (Wildman–Crippen MR) is 106 cm³/mol. The molecular weight excluding hydrogens is 395 g/mol. The first kappa shape index (κ1) is 20.4. The number of aromatic nitrogens is 2. The van der Waals surface area contributed by atoms with Crippen LogP contribution in [-0.2, 0) is 6.18 Å². The quantitative estimate of drug-likeness (QED) is 0.605. The van der Waals surface area contributed by atoms with Gasteiger partial charge in [-0.15, -0.1) is 0 Å². The van der Waals surface area contributed by atoms with Crippen LogP contribution in [-0.4, -0.2) is 22.1 Å². The third-order valence-corrected chi connectivity index (χ3v) is 5.36. The van der Waals surface area contributed by atoms with E-state index in [1.54, 1.807) is 6.92 Å². The lowest BCUT2D eigenvalue weighted by Crippen LogP contribution is -2.27. The third kappa shape index (κ3) is 4.04.